The van der Waals surface area contributed by atoms with Crippen LogP contribution in [0.3, 0.4) is 0 Å². The maximum Gasteiger partial charge on any atom is 0.322 e. The van der Waals surface area contributed by atoms with Crippen LogP contribution in [0.5, 0.6) is 0 Å². The zero-order chi connectivity index (χ0) is 14.9. The molecule has 1 aromatic rings. The zero-order valence-electron chi connectivity index (χ0n) is 10.4. The van der Waals surface area contributed by atoms with Crippen LogP contribution in [0.2, 0.25) is 5.02 Å². The number of carboxylic acids is 1. The van der Waals surface area contributed by atoms with Crippen molar-refractivity contribution >= 4 is 27.6 Å². The molecule has 1 saturated heterocycles. The van der Waals surface area contributed by atoms with Gasteiger partial charge in [0.1, 0.15) is 16.8 Å². The van der Waals surface area contributed by atoms with Gasteiger partial charge in [-0.05, 0) is 37.5 Å². The maximum atomic E-state index is 13.0. The van der Waals surface area contributed by atoms with Gasteiger partial charge in [-0.15, -0.1) is 0 Å². The number of piperidine rings is 1. The summed E-state index contributed by atoms with van der Waals surface area (Å²) in [6.07, 6.45) is 1.50. The van der Waals surface area contributed by atoms with Crippen molar-refractivity contribution in [3.8, 4) is 0 Å². The summed E-state index contributed by atoms with van der Waals surface area (Å²) in [5.41, 5.74) is 0. The molecule has 1 atom stereocenters. The van der Waals surface area contributed by atoms with Gasteiger partial charge in [-0.3, -0.25) is 4.79 Å². The summed E-state index contributed by atoms with van der Waals surface area (Å²) >= 11 is 5.77. The highest BCUT2D eigenvalue weighted by Gasteiger charge is 2.38. The topological polar surface area (TPSA) is 74.7 Å². The number of rotatable bonds is 3. The lowest BCUT2D eigenvalue weighted by atomic mass is 10.1. The molecular formula is C12H13ClFNO4S. The molecule has 0 unspecified atom stereocenters. The molecule has 20 heavy (non-hydrogen) atoms. The number of halogens is 2. The van der Waals surface area contributed by atoms with E-state index < -0.39 is 27.9 Å². The van der Waals surface area contributed by atoms with Gasteiger partial charge in [0.15, 0.2) is 0 Å². The summed E-state index contributed by atoms with van der Waals surface area (Å²) in [5, 5.41) is 8.88. The van der Waals surface area contributed by atoms with E-state index in [-0.39, 0.29) is 22.9 Å². The van der Waals surface area contributed by atoms with Crippen LogP contribution in [0.15, 0.2) is 23.1 Å². The third-order valence-electron chi connectivity index (χ3n) is 3.22. The van der Waals surface area contributed by atoms with Crippen LogP contribution >= 0.6 is 11.6 Å². The van der Waals surface area contributed by atoms with Crippen LogP contribution in [0.4, 0.5) is 4.39 Å². The molecule has 110 valence electrons. The quantitative estimate of drug-likeness (QED) is 0.925. The Morgan fingerprint density at radius 2 is 2.10 bits per heavy atom. The third-order valence-corrected chi connectivity index (χ3v) is 5.61. The Morgan fingerprint density at radius 3 is 2.70 bits per heavy atom. The lowest BCUT2D eigenvalue weighted by molar-refractivity contribution is -0.142. The second-order valence-electron chi connectivity index (χ2n) is 4.54. The van der Waals surface area contributed by atoms with E-state index in [2.05, 4.69) is 0 Å². The fourth-order valence-electron chi connectivity index (χ4n) is 2.25. The van der Waals surface area contributed by atoms with E-state index in [9.17, 15) is 17.6 Å². The molecule has 0 radical (unpaired) electrons. The first-order valence-corrected chi connectivity index (χ1v) is 7.85. The minimum atomic E-state index is -4.05. The number of nitrogens with zero attached hydrogens (tertiary/aromatic N) is 1. The van der Waals surface area contributed by atoms with Gasteiger partial charge in [0, 0.05) is 6.54 Å². The zero-order valence-corrected chi connectivity index (χ0v) is 12.0. The predicted octanol–water partition coefficient (Wildman–Crippen LogP) is 2.11. The Kier molecular flexibility index (Phi) is 4.31. The average molecular weight is 322 g/mol. The first kappa shape index (κ1) is 15.2. The summed E-state index contributed by atoms with van der Waals surface area (Å²) in [6, 6.07) is 1.84. The third kappa shape index (κ3) is 2.79. The molecular weight excluding hydrogens is 309 g/mol. The van der Waals surface area contributed by atoms with Gasteiger partial charge in [-0.1, -0.05) is 11.6 Å². The normalized spacial score (nSPS) is 20.8. The van der Waals surface area contributed by atoms with Crippen molar-refractivity contribution in [2.45, 2.75) is 30.2 Å². The molecule has 1 heterocycles. The molecule has 1 aromatic carbocycles. The van der Waals surface area contributed by atoms with Crippen molar-refractivity contribution in [1.82, 2.24) is 4.31 Å². The Morgan fingerprint density at radius 1 is 1.40 bits per heavy atom. The van der Waals surface area contributed by atoms with Crippen LogP contribution in [-0.4, -0.2) is 36.4 Å². The second-order valence-corrected chi connectivity index (χ2v) is 6.81. The molecule has 0 spiro atoms. The van der Waals surface area contributed by atoms with Crippen molar-refractivity contribution in [1.29, 1.82) is 0 Å². The highest BCUT2D eigenvalue weighted by Crippen LogP contribution is 2.30. The molecule has 1 N–H and O–H groups in total. The average Bonchev–Trinajstić information content (AvgIpc) is 2.38. The van der Waals surface area contributed by atoms with Gasteiger partial charge in [0.2, 0.25) is 10.0 Å². The van der Waals surface area contributed by atoms with Gasteiger partial charge in [0.05, 0.1) is 5.02 Å². The van der Waals surface area contributed by atoms with Gasteiger partial charge >= 0.3 is 5.97 Å². The number of carboxylic acid groups (broad SMARTS) is 1. The molecule has 0 amide bonds. The smallest absolute Gasteiger partial charge is 0.322 e. The highest BCUT2D eigenvalue weighted by atomic mass is 35.5. The molecule has 1 aliphatic heterocycles. The van der Waals surface area contributed by atoms with E-state index in [0.717, 1.165) is 22.5 Å². The van der Waals surface area contributed by atoms with Gasteiger partial charge in [-0.2, -0.15) is 4.31 Å². The SMILES string of the molecule is O=C(O)[C@@H]1CCCCN1S(=O)(=O)c1ccc(F)cc1Cl. The molecule has 0 aliphatic carbocycles. The van der Waals surface area contributed by atoms with Crippen molar-refractivity contribution in [2.75, 3.05) is 6.54 Å². The number of hydrogen-bond acceptors (Lipinski definition) is 3. The minimum absolute atomic E-state index is 0.118. The molecule has 2 rings (SSSR count). The highest BCUT2D eigenvalue weighted by molar-refractivity contribution is 7.89. The van der Waals surface area contributed by atoms with Crippen LogP contribution in [-0.2, 0) is 14.8 Å². The summed E-state index contributed by atoms with van der Waals surface area (Å²) in [7, 11) is -4.05. The Labute approximate surface area is 121 Å². The number of aliphatic carboxylic acids is 1. The van der Waals surface area contributed by atoms with Gasteiger partial charge in [-0.25, -0.2) is 12.8 Å². The van der Waals surface area contributed by atoms with E-state index in [4.69, 9.17) is 16.7 Å². The van der Waals surface area contributed by atoms with Crippen LogP contribution in [0.1, 0.15) is 19.3 Å². The Bertz CT molecular complexity index is 634. The molecule has 0 saturated carbocycles. The van der Waals surface area contributed by atoms with Crippen LogP contribution in [0.25, 0.3) is 0 Å². The summed E-state index contributed by atoms with van der Waals surface area (Å²) in [4.78, 5) is 10.9. The molecule has 1 aliphatic rings. The molecule has 1 fully saturated rings. The van der Waals surface area contributed by atoms with Crippen molar-refractivity contribution in [2.24, 2.45) is 0 Å². The van der Waals surface area contributed by atoms with E-state index >= 15 is 0 Å². The van der Waals surface area contributed by atoms with Crippen molar-refractivity contribution in [3.05, 3.63) is 29.0 Å². The lowest BCUT2D eigenvalue weighted by Gasteiger charge is -2.32. The monoisotopic (exact) mass is 321 g/mol. The van der Waals surface area contributed by atoms with E-state index in [0.29, 0.717) is 12.8 Å². The minimum Gasteiger partial charge on any atom is -0.480 e. The predicted molar refractivity (Wildman–Crippen MR) is 70.6 cm³/mol. The Balaban J connectivity index is 2.45. The lowest BCUT2D eigenvalue weighted by Crippen LogP contribution is -2.47. The molecule has 5 nitrogen and oxygen atoms in total. The fourth-order valence-corrected chi connectivity index (χ4v) is 4.41. The Hall–Kier alpha value is -1.18. The number of carbonyl (C=O) groups is 1. The number of benzene rings is 1. The maximum absolute atomic E-state index is 13.0. The van der Waals surface area contributed by atoms with E-state index in [1.54, 1.807) is 0 Å². The largest absolute Gasteiger partial charge is 0.480 e. The van der Waals surface area contributed by atoms with Crippen LogP contribution in [0, 0.1) is 5.82 Å². The first-order chi connectivity index (χ1) is 9.34. The number of sulfonamides is 1. The number of hydrogen-bond donors (Lipinski definition) is 1. The molecule has 8 heteroatoms. The van der Waals surface area contributed by atoms with Gasteiger partial charge < -0.3 is 5.11 Å². The van der Waals surface area contributed by atoms with E-state index in [1.165, 1.54) is 0 Å². The standard InChI is InChI=1S/C12H13ClFNO4S/c13-9-7-8(14)4-5-11(9)20(18,19)15-6-2-1-3-10(15)12(16)17/h4-5,7,10H,1-3,6H2,(H,16,17)/t10-/m0/s1. The first-order valence-electron chi connectivity index (χ1n) is 6.04. The molecule has 0 bridgehead atoms. The summed E-state index contributed by atoms with van der Waals surface area (Å²) in [6.45, 7) is 0.118. The van der Waals surface area contributed by atoms with Crippen molar-refractivity contribution in [3.63, 3.8) is 0 Å². The fraction of sp³-hybridized carbons (Fsp3) is 0.417. The second kappa shape index (κ2) is 5.67. The van der Waals surface area contributed by atoms with E-state index in [1.807, 2.05) is 0 Å². The summed E-state index contributed by atoms with van der Waals surface area (Å²) < 4.78 is 38.9. The summed E-state index contributed by atoms with van der Waals surface area (Å²) in [5.74, 6) is -1.84. The van der Waals surface area contributed by atoms with Crippen LogP contribution < -0.4 is 0 Å². The molecule has 0 aromatic heterocycles. The van der Waals surface area contributed by atoms with Crippen molar-refractivity contribution < 1.29 is 22.7 Å². The van der Waals surface area contributed by atoms with Gasteiger partial charge in [0.25, 0.3) is 0 Å².